The van der Waals surface area contributed by atoms with Gasteiger partial charge in [-0.25, -0.2) is 8.78 Å². The Morgan fingerprint density at radius 2 is 1.70 bits per heavy atom. The summed E-state index contributed by atoms with van der Waals surface area (Å²) >= 11 is 6.41. The maximum Gasteiger partial charge on any atom is 0.137 e. The van der Waals surface area contributed by atoms with Gasteiger partial charge in [0.05, 0.1) is 10.5 Å². The minimum atomic E-state index is -0.478. The molecular formula is C15H13Br2F2N. The second-order valence-electron chi connectivity index (χ2n) is 4.57. The van der Waals surface area contributed by atoms with E-state index in [1.165, 1.54) is 6.07 Å². The third-order valence-corrected chi connectivity index (χ3v) is 4.10. The standard InChI is InChI=1S/C15H13Br2F2N/c1-8-3-9(5-10(16)4-8)15(20-2)11-6-14(19)12(17)7-13(11)18/h3-7,15,20H,1-2H3. The van der Waals surface area contributed by atoms with Crippen LogP contribution in [0.15, 0.2) is 39.3 Å². The molecule has 0 amide bonds. The lowest BCUT2D eigenvalue weighted by Gasteiger charge is -2.19. The monoisotopic (exact) mass is 403 g/mol. The number of hydrogen-bond acceptors (Lipinski definition) is 1. The van der Waals surface area contributed by atoms with Crippen molar-refractivity contribution in [2.24, 2.45) is 0 Å². The Balaban J connectivity index is 2.55. The third kappa shape index (κ3) is 3.27. The van der Waals surface area contributed by atoms with E-state index in [1.54, 1.807) is 7.05 Å². The van der Waals surface area contributed by atoms with Gasteiger partial charge >= 0.3 is 0 Å². The molecule has 2 rings (SSSR count). The second kappa shape index (κ2) is 6.33. The first-order valence-corrected chi connectivity index (χ1v) is 7.59. The lowest BCUT2D eigenvalue weighted by molar-refractivity contribution is 0.554. The number of nitrogens with one attached hydrogen (secondary N) is 1. The van der Waals surface area contributed by atoms with Gasteiger partial charge in [-0.2, -0.15) is 0 Å². The topological polar surface area (TPSA) is 12.0 Å². The molecule has 1 atom stereocenters. The molecule has 0 heterocycles. The maximum atomic E-state index is 14.1. The first-order chi connectivity index (χ1) is 9.42. The highest BCUT2D eigenvalue weighted by Gasteiger charge is 2.19. The van der Waals surface area contributed by atoms with E-state index in [9.17, 15) is 8.78 Å². The zero-order valence-corrected chi connectivity index (χ0v) is 14.1. The summed E-state index contributed by atoms with van der Waals surface area (Å²) in [6.45, 7) is 1.96. The van der Waals surface area contributed by atoms with Crippen molar-refractivity contribution in [3.05, 3.63) is 67.6 Å². The maximum absolute atomic E-state index is 14.1. The predicted molar refractivity (Wildman–Crippen MR) is 83.8 cm³/mol. The molecule has 0 aliphatic heterocycles. The lowest BCUT2D eigenvalue weighted by Crippen LogP contribution is -2.19. The summed E-state index contributed by atoms with van der Waals surface area (Å²) < 4.78 is 28.8. The van der Waals surface area contributed by atoms with Crippen molar-refractivity contribution in [2.45, 2.75) is 13.0 Å². The van der Waals surface area contributed by atoms with E-state index >= 15 is 0 Å². The molecule has 106 valence electrons. The van der Waals surface area contributed by atoms with E-state index in [0.717, 1.165) is 21.7 Å². The van der Waals surface area contributed by atoms with Crippen LogP contribution < -0.4 is 5.32 Å². The van der Waals surface area contributed by atoms with Gasteiger partial charge in [-0.1, -0.05) is 22.0 Å². The molecule has 0 saturated heterocycles. The minimum Gasteiger partial charge on any atom is -0.309 e. The highest BCUT2D eigenvalue weighted by molar-refractivity contribution is 9.10. The van der Waals surface area contributed by atoms with E-state index in [-0.39, 0.29) is 10.0 Å². The minimum absolute atomic E-state index is 0.124. The van der Waals surface area contributed by atoms with E-state index in [1.807, 2.05) is 25.1 Å². The van der Waals surface area contributed by atoms with Gasteiger partial charge in [0.15, 0.2) is 0 Å². The van der Waals surface area contributed by atoms with Gasteiger partial charge < -0.3 is 5.32 Å². The van der Waals surface area contributed by atoms with E-state index in [4.69, 9.17) is 0 Å². The fourth-order valence-corrected chi connectivity index (χ4v) is 3.13. The van der Waals surface area contributed by atoms with Gasteiger partial charge in [-0.05, 0) is 65.3 Å². The Kier molecular flexibility index (Phi) is 4.94. The quantitative estimate of drug-likeness (QED) is 0.701. The zero-order valence-electron chi connectivity index (χ0n) is 11.0. The summed E-state index contributed by atoms with van der Waals surface area (Å²) in [5.41, 5.74) is 2.21. The van der Waals surface area contributed by atoms with Crippen molar-refractivity contribution in [3.63, 3.8) is 0 Å². The number of rotatable bonds is 3. The Bertz CT molecular complexity index is 624. The largest absolute Gasteiger partial charge is 0.309 e. The van der Waals surface area contributed by atoms with E-state index in [0.29, 0.717) is 0 Å². The molecule has 1 unspecified atom stereocenters. The number of benzene rings is 2. The Morgan fingerprint density at radius 3 is 2.30 bits per heavy atom. The van der Waals surface area contributed by atoms with Gasteiger partial charge in [0, 0.05) is 10.0 Å². The van der Waals surface area contributed by atoms with Crippen molar-refractivity contribution >= 4 is 31.9 Å². The SMILES string of the molecule is CNC(c1cc(C)cc(Br)c1)c1cc(F)c(Br)cc1F. The second-order valence-corrected chi connectivity index (χ2v) is 6.34. The van der Waals surface area contributed by atoms with Crippen molar-refractivity contribution in [2.75, 3.05) is 7.05 Å². The van der Waals surface area contributed by atoms with E-state index < -0.39 is 17.7 Å². The van der Waals surface area contributed by atoms with Crippen LogP contribution in [0, 0.1) is 18.6 Å². The first-order valence-electron chi connectivity index (χ1n) is 6.01. The Hall–Kier alpha value is -0.780. The predicted octanol–water partition coefficient (Wildman–Crippen LogP) is 5.11. The van der Waals surface area contributed by atoms with Crippen molar-refractivity contribution < 1.29 is 8.78 Å². The molecule has 5 heteroatoms. The van der Waals surface area contributed by atoms with Crippen LogP contribution in [0.25, 0.3) is 0 Å². The van der Waals surface area contributed by atoms with Crippen LogP contribution in [0.3, 0.4) is 0 Å². The molecule has 2 aromatic carbocycles. The van der Waals surface area contributed by atoms with Crippen LogP contribution in [-0.4, -0.2) is 7.05 Å². The molecule has 1 nitrogen and oxygen atoms in total. The van der Waals surface area contributed by atoms with Gasteiger partial charge in [0.2, 0.25) is 0 Å². The smallest absolute Gasteiger partial charge is 0.137 e. The summed E-state index contributed by atoms with van der Waals surface area (Å²) in [7, 11) is 1.72. The molecule has 0 aliphatic carbocycles. The molecular weight excluding hydrogens is 392 g/mol. The summed E-state index contributed by atoms with van der Waals surface area (Å²) in [6, 6.07) is 7.78. The summed E-state index contributed by atoms with van der Waals surface area (Å²) in [5.74, 6) is -0.927. The van der Waals surface area contributed by atoms with Crippen molar-refractivity contribution in [1.29, 1.82) is 0 Å². The number of halogens is 4. The zero-order chi connectivity index (χ0) is 14.9. The van der Waals surface area contributed by atoms with Crippen LogP contribution in [0.1, 0.15) is 22.7 Å². The molecule has 0 aliphatic rings. The highest BCUT2D eigenvalue weighted by atomic mass is 79.9. The number of hydrogen-bond donors (Lipinski definition) is 1. The Labute approximate surface area is 133 Å². The molecule has 0 fully saturated rings. The van der Waals surface area contributed by atoms with Crippen molar-refractivity contribution in [3.8, 4) is 0 Å². The van der Waals surface area contributed by atoms with Crippen LogP contribution >= 0.6 is 31.9 Å². The fraction of sp³-hybridized carbons (Fsp3) is 0.200. The molecule has 0 spiro atoms. The van der Waals surface area contributed by atoms with Gasteiger partial charge in [0.25, 0.3) is 0 Å². The molecule has 0 saturated carbocycles. The number of aryl methyl sites for hydroxylation is 1. The van der Waals surface area contributed by atoms with Crippen LogP contribution in [0.2, 0.25) is 0 Å². The van der Waals surface area contributed by atoms with E-state index in [2.05, 4.69) is 37.2 Å². The normalized spacial score (nSPS) is 12.5. The first kappa shape index (κ1) is 15.6. The molecule has 1 N–H and O–H groups in total. The third-order valence-electron chi connectivity index (χ3n) is 3.04. The lowest BCUT2D eigenvalue weighted by atomic mass is 9.97. The van der Waals surface area contributed by atoms with Gasteiger partial charge in [-0.3, -0.25) is 0 Å². The van der Waals surface area contributed by atoms with Crippen LogP contribution in [0.5, 0.6) is 0 Å². The molecule has 2 aromatic rings. The molecule has 0 radical (unpaired) electrons. The van der Waals surface area contributed by atoms with Crippen LogP contribution in [0.4, 0.5) is 8.78 Å². The fourth-order valence-electron chi connectivity index (χ4n) is 2.19. The van der Waals surface area contributed by atoms with Crippen molar-refractivity contribution in [1.82, 2.24) is 5.32 Å². The van der Waals surface area contributed by atoms with Crippen LogP contribution in [-0.2, 0) is 0 Å². The summed E-state index contributed by atoms with van der Waals surface area (Å²) in [6.07, 6.45) is 0. The summed E-state index contributed by atoms with van der Waals surface area (Å²) in [4.78, 5) is 0. The Morgan fingerprint density at radius 1 is 1.00 bits per heavy atom. The molecule has 0 bridgehead atoms. The van der Waals surface area contributed by atoms with Gasteiger partial charge in [0.1, 0.15) is 11.6 Å². The van der Waals surface area contributed by atoms with Gasteiger partial charge in [-0.15, -0.1) is 0 Å². The molecule has 0 aromatic heterocycles. The average Bonchev–Trinajstić information content (AvgIpc) is 2.35. The summed E-state index contributed by atoms with van der Waals surface area (Å²) in [5, 5.41) is 3.03. The molecule has 20 heavy (non-hydrogen) atoms. The average molecular weight is 405 g/mol. The highest BCUT2D eigenvalue weighted by Crippen LogP contribution is 2.30.